The Morgan fingerprint density at radius 1 is 0.750 bits per heavy atom. The third kappa shape index (κ3) is 1.65. The molecule has 1 saturated carbocycles. The van der Waals surface area contributed by atoms with Crippen LogP contribution in [0.5, 0.6) is 0 Å². The summed E-state index contributed by atoms with van der Waals surface area (Å²) >= 11 is 0. The fourth-order valence-electron chi connectivity index (χ4n) is 2.37. The smallest absolute Gasteiger partial charge is 0.00246 e. The molecule has 0 amide bonds. The summed E-state index contributed by atoms with van der Waals surface area (Å²) in [4.78, 5) is 0. The Morgan fingerprint density at radius 3 is 1.81 bits per heavy atom. The van der Waals surface area contributed by atoms with E-state index < -0.39 is 0 Å². The molecule has 78 valence electrons. The van der Waals surface area contributed by atoms with Gasteiger partial charge < -0.3 is 0 Å². The van der Waals surface area contributed by atoms with Gasteiger partial charge in [0.05, 0.1) is 0 Å². The summed E-state index contributed by atoms with van der Waals surface area (Å²) in [7, 11) is 0. The van der Waals surface area contributed by atoms with E-state index in [1.54, 1.807) is 0 Å². The van der Waals surface area contributed by atoms with Crippen molar-refractivity contribution < 1.29 is 0 Å². The Labute approximate surface area is 96.9 Å². The van der Waals surface area contributed by atoms with Crippen molar-refractivity contribution in [3.05, 3.63) is 78.2 Å². The van der Waals surface area contributed by atoms with E-state index >= 15 is 0 Å². The molecular formula is C16H14. The fourth-order valence-corrected chi connectivity index (χ4v) is 2.37. The van der Waals surface area contributed by atoms with Gasteiger partial charge in [-0.25, -0.2) is 0 Å². The van der Waals surface area contributed by atoms with E-state index in [1.807, 2.05) is 0 Å². The van der Waals surface area contributed by atoms with Gasteiger partial charge in [-0.15, -0.1) is 0 Å². The van der Waals surface area contributed by atoms with Crippen molar-refractivity contribution in [2.75, 3.05) is 0 Å². The van der Waals surface area contributed by atoms with E-state index in [-0.39, 0.29) is 0 Å². The maximum absolute atomic E-state index is 3.51. The highest BCUT2D eigenvalue weighted by atomic mass is 14.4. The Kier molecular flexibility index (Phi) is 2.49. The van der Waals surface area contributed by atoms with Crippen molar-refractivity contribution in [3.63, 3.8) is 0 Å². The van der Waals surface area contributed by atoms with E-state index in [0.29, 0.717) is 11.8 Å². The van der Waals surface area contributed by atoms with Crippen LogP contribution in [0, 0.1) is 6.42 Å². The van der Waals surface area contributed by atoms with Crippen molar-refractivity contribution in [1.29, 1.82) is 0 Å². The van der Waals surface area contributed by atoms with Gasteiger partial charge in [-0.2, -0.15) is 0 Å². The summed E-state index contributed by atoms with van der Waals surface area (Å²) in [5.74, 6) is 1.12. The summed E-state index contributed by atoms with van der Waals surface area (Å²) in [6, 6.07) is 21.5. The van der Waals surface area contributed by atoms with Gasteiger partial charge in [0.25, 0.3) is 0 Å². The summed E-state index contributed by atoms with van der Waals surface area (Å²) in [5.41, 5.74) is 2.83. The first-order chi connectivity index (χ1) is 7.95. The molecule has 2 aromatic carbocycles. The van der Waals surface area contributed by atoms with E-state index in [9.17, 15) is 0 Å². The minimum absolute atomic E-state index is 0.489. The van der Waals surface area contributed by atoms with Crippen LogP contribution in [-0.2, 0) is 0 Å². The second-order valence-electron chi connectivity index (χ2n) is 4.31. The zero-order valence-electron chi connectivity index (χ0n) is 9.14. The Bertz CT molecular complexity index is 398. The third-order valence-electron chi connectivity index (χ3n) is 3.35. The number of benzene rings is 2. The first kappa shape index (κ1) is 9.65. The molecule has 3 rings (SSSR count). The summed E-state index contributed by atoms with van der Waals surface area (Å²) in [5, 5.41) is 0. The maximum atomic E-state index is 3.51. The van der Waals surface area contributed by atoms with Crippen LogP contribution in [0.3, 0.4) is 0 Å². The van der Waals surface area contributed by atoms with Crippen LogP contribution in [0.15, 0.2) is 60.7 Å². The van der Waals surface area contributed by atoms with Crippen LogP contribution < -0.4 is 0 Å². The summed E-state index contributed by atoms with van der Waals surface area (Å²) in [6.45, 7) is 0. The molecule has 0 spiro atoms. The van der Waals surface area contributed by atoms with Crippen LogP contribution in [0.4, 0.5) is 0 Å². The standard InChI is InChI=1S/C16H14/c1-3-7-13(8-4-1)15-11-12-16(15)14-9-5-2-6-10-14/h1-10,15-16H,11H2. The normalized spacial score (nSPS) is 23.8. The third-order valence-corrected chi connectivity index (χ3v) is 3.35. The fraction of sp³-hybridized carbons (Fsp3) is 0.188. The van der Waals surface area contributed by atoms with Crippen LogP contribution in [0.2, 0.25) is 0 Å². The number of hydrogen-bond donors (Lipinski definition) is 0. The second kappa shape index (κ2) is 4.13. The van der Waals surface area contributed by atoms with Crippen LogP contribution >= 0.6 is 0 Å². The van der Waals surface area contributed by atoms with Crippen molar-refractivity contribution in [2.24, 2.45) is 0 Å². The lowest BCUT2D eigenvalue weighted by Crippen LogP contribution is -2.22. The predicted octanol–water partition coefficient (Wildman–Crippen LogP) is 4.04. The lowest BCUT2D eigenvalue weighted by atomic mass is 9.67. The van der Waals surface area contributed by atoms with Gasteiger partial charge in [-0.3, -0.25) is 0 Å². The van der Waals surface area contributed by atoms with Crippen LogP contribution in [0.25, 0.3) is 0 Å². The first-order valence-corrected chi connectivity index (χ1v) is 5.78. The molecule has 2 unspecified atom stereocenters. The lowest BCUT2D eigenvalue weighted by Gasteiger charge is -2.36. The first-order valence-electron chi connectivity index (χ1n) is 5.78. The van der Waals surface area contributed by atoms with Crippen molar-refractivity contribution in [3.8, 4) is 0 Å². The van der Waals surface area contributed by atoms with Gasteiger partial charge in [0.15, 0.2) is 0 Å². The molecule has 0 nitrogen and oxygen atoms in total. The maximum Gasteiger partial charge on any atom is -0.00246 e. The largest absolute Gasteiger partial charge is 0.0622 e. The van der Waals surface area contributed by atoms with Gasteiger partial charge in [-0.1, -0.05) is 60.7 Å². The molecule has 2 aromatic rings. The molecule has 0 heteroatoms. The van der Waals surface area contributed by atoms with Crippen LogP contribution in [-0.4, -0.2) is 0 Å². The monoisotopic (exact) mass is 206 g/mol. The summed E-state index contributed by atoms with van der Waals surface area (Å²) < 4.78 is 0. The Hall–Kier alpha value is -1.56. The average molecular weight is 206 g/mol. The highest BCUT2D eigenvalue weighted by Gasteiger charge is 2.33. The van der Waals surface area contributed by atoms with Crippen molar-refractivity contribution >= 4 is 0 Å². The SMILES string of the molecule is [C]1CC(c2ccccc2)C1c1ccccc1. The molecule has 0 saturated heterocycles. The molecule has 0 aromatic heterocycles. The molecule has 2 atom stereocenters. The van der Waals surface area contributed by atoms with Crippen LogP contribution in [0.1, 0.15) is 29.4 Å². The predicted molar refractivity (Wildman–Crippen MR) is 66.2 cm³/mol. The topological polar surface area (TPSA) is 0 Å². The van der Waals surface area contributed by atoms with E-state index in [4.69, 9.17) is 0 Å². The van der Waals surface area contributed by atoms with E-state index in [1.165, 1.54) is 11.1 Å². The van der Waals surface area contributed by atoms with E-state index in [2.05, 4.69) is 67.1 Å². The summed E-state index contributed by atoms with van der Waals surface area (Å²) in [6.07, 6.45) is 4.60. The molecule has 0 bridgehead atoms. The molecule has 0 heterocycles. The molecular weight excluding hydrogens is 192 g/mol. The Morgan fingerprint density at radius 2 is 1.31 bits per heavy atom. The van der Waals surface area contributed by atoms with Crippen molar-refractivity contribution in [2.45, 2.75) is 18.3 Å². The lowest BCUT2D eigenvalue weighted by molar-refractivity contribution is 0.460. The van der Waals surface area contributed by atoms with Gasteiger partial charge in [0.1, 0.15) is 0 Å². The van der Waals surface area contributed by atoms with E-state index in [0.717, 1.165) is 6.42 Å². The molecule has 1 fully saturated rings. The van der Waals surface area contributed by atoms with Gasteiger partial charge in [0.2, 0.25) is 0 Å². The highest BCUT2D eigenvalue weighted by molar-refractivity contribution is 5.35. The van der Waals surface area contributed by atoms with Crippen molar-refractivity contribution in [1.82, 2.24) is 0 Å². The number of hydrogen-bond acceptors (Lipinski definition) is 0. The molecule has 1 aliphatic carbocycles. The highest BCUT2D eigenvalue weighted by Crippen LogP contribution is 2.47. The molecule has 1 aliphatic rings. The minimum atomic E-state index is 0.489. The number of rotatable bonds is 2. The second-order valence-corrected chi connectivity index (χ2v) is 4.31. The zero-order chi connectivity index (χ0) is 10.8. The average Bonchev–Trinajstić information content (AvgIpc) is 2.30. The van der Waals surface area contributed by atoms with Gasteiger partial charge in [-0.05, 0) is 35.8 Å². The zero-order valence-corrected chi connectivity index (χ0v) is 9.14. The minimum Gasteiger partial charge on any atom is -0.0622 e. The molecule has 16 heavy (non-hydrogen) atoms. The quantitative estimate of drug-likeness (QED) is 0.695. The van der Waals surface area contributed by atoms with Gasteiger partial charge in [0, 0.05) is 0 Å². The molecule has 2 radical (unpaired) electrons. The van der Waals surface area contributed by atoms with Gasteiger partial charge >= 0.3 is 0 Å². The molecule has 0 aliphatic heterocycles. The molecule has 0 N–H and O–H groups in total. The Balaban J connectivity index is 1.85.